The van der Waals surface area contributed by atoms with Gasteiger partial charge in [0, 0.05) is 27.1 Å². The van der Waals surface area contributed by atoms with Gasteiger partial charge in [-0.1, -0.05) is 42.5 Å². The average Bonchev–Trinajstić information content (AvgIpc) is 2.86. The van der Waals surface area contributed by atoms with E-state index in [1.807, 2.05) is 54.6 Å². The van der Waals surface area contributed by atoms with Gasteiger partial charge in [0.1, 0.15) is 5.69 Å². The van der Waals surface area contributed by atoms with Crippen LogP contribution < -0.4 is 16.2 Å². The van der Waals surface area contributed by atoms with Gasteiger partial charge in [0.15, 0.2) is 12.4 Å². The zero-order valence-corrected chi connectivity index (χ0v) is 19.7. The standard InChI is InChI=1S/C25H27N7O3/c1-31(2)25-29-21(28-24(26)30-25)16-35-22(33)13-12-19-23(34)32(15-14-17-8-4-3-5-9-17)20-11-7-6-10-18(20)27-19/h3-11H,12-16H2,1-2H3,(H2,26,28,29,30). The van der Waals surface area contributed by atoms with Crippen LogP contribution in [0.4, 0.5) is 11.9 Å². The third kappa shape index (κ3) is 5.97. The molecule has 0 amide bonds. The van der Waals surface area contributed by atoms with Crippen LogP contribution in [0.2, 0.25) is 0 Å². The van der Waals surface area contributed by atoms with Crippen molar-refractivity contribution in [1.82, 2.24) is 24.5 Å². The first-order chi connectivity index (χ1) is 16.9. The van der Waals surface area contributed by atoms with Crippen molar-refractivity contribution in [1.29, 1.82) is 0 Å². The summed E-state index contributed by atoms with van der Waals surface area (Å²) >= 11 is 0. The molecule has 0 bridgehead atoms. The molecule has 2 N–H and O–H groups in total. The van der Waals surface area contributed by atoms with Crippen LogP contribution in [0.1, 0.15) is 23.5 Å². The van der Waals surface area contributed by atoms with Gasteiger partial charge < -0.3 is 19.9 Å². The van der Waals surface area contributed by atoms with Crippen molar-refractivity contribution in [2.24, 2.45) is 0 Å². The summed E-state index contributed by atoms with van der Waals surface area (Å²) in [6.45, 7) is 0.372. The Hall–Kier alpha value is -4.34. The molecule has 2 aromatic heterocycles. The first-order valence-corrected chi connectivity index (χ1v) is 11.3. The van der Waals surface area contributed by atoms with Crippen molar-refractivity contribution in [3.05, 3.63) is 82.0 Å². The number of hydrogen-bond acceptors (Lipinski definition) is 9. The second-order valence-corrected chi connectivity index (χ2v) is 8.20. The van der Waals surface area contributed by atoms with Gasteiger partial charge in [0.05, 0.1) is 17.5 Å². The molecule has 0 atom stereocenters. The van der Waals surface area contributed by atoms with Crippen molar-refractivity contribution >= 4 is 28.9 Å². The Balaban J connectivity index is 1.46. The molecule has 0 aliphatic carbocycles. The van der Waals surface area contributed by atoms with E-state index < -0.39 is 5.97 Å². The topological polar surface area (TPSA) is 129 Å². The van der Waals surface area contributed by atoms with Crippen LogP contribution in [0, 0.1) is 0 Å². The Morgan fingerprint density at radius 2 is 1.71 bits per heavy atom. The number of nitrogens with two attached hydrogens (primary N) is 1. The summed E-state index contributed by atoms with van der Waals surface area (Å²) in [6, 6.07) is 17.5. The van der Waals surface area contributed by atoms with Crippen LogP contribution in [-0.2, 0) is 35.5 Å². The number of nitrogen functional groups attached to an aromatic ring is 1. The molecule has 0 fully saturated rings. The van der Waals surface area contributed by atoms with E-state index >= 15 is 0 Å². The van der Waals surface area contributed by atoms with Crippen LogP contribution in [0.3, 0.4) is 0 Å². The number of nitrogens with zero attached hydrogens (tertiary/aromatic N) is 6. The Morgan fingerprint density at radius 3 is 2.49 bits per heavy atom. The van der Waals surface area contributed by atoms with E-state index in [2.05, 4.69) is 19.9 Å². The lowest BCUT2D eigenvalue weighted by Gasteiger charge is -2.13. The highest BCUT2D eigenvalue weighted by molar-refractivity contribution is 5.75. The number of anilines is 2. The van der Waals surface area contributed by atoms with Crippen LogP contribution in [-0.4, -0.2) is 44.6 Å². The van der Waals surface area contributed by atoms with E-state index in [4.69, 9.17) is 10.5 Å². The van der Waals surface area contributed by atoms with Crippen LogP contribution in [0.25, 0.3) is 11.0 Å². The number of para-hydroxylation sites is 2. The number of hydrogen-bond donors (Lipinski definition) is 1. The minimum atomic E-state index is -0.486. The molecule has 10 nitrogen and oxygen atoms in total. The number of rotatable bonds is 9. The largest absolute Gasteiger partial charge is 0.457 e. The molecule has 0 unspecified atom stereocenters. The molecule has 4 aromatic rings. The number of carbonyl (C=O) groups excluding carboxylic acids is 1. The Bertz CT molecular complexity index is 1390. The number of carbonyl (C=O) groups is 1. The molecule has 35 heavy (non-hydrogen) atoms. The van der Waals surface area contributed by atoms with Gasteiger partial charge in [0.25, 0.3) is 5.56 Å². The summed E-state index contributed by atoms with van der Waals surface area (Å²) in [7, 11) is 3.54. The highest BCUT2D eigenvalue weighted by Gasteiger charge is 2.14. The summed E-state index contributed by atoms with van der Waals surface area (Å²) in [5, 5.41) is 0. The van der Waals surface area contributed by atoms with Gasteiger partial charge in [-0.3, -0.25) is 9.59 Å². The Kier molecular flexibility index (Phi) is 7.30. The molecule has 180 valence electrons. The van der Waals surface area contributed by atoms with E-state index in [-0.39, 0.29) is 36.8 Å². The lowest BCUT2D eigenvalue weighted by Crippen LogP contribution is -2.27. The summed E-state index contributed by atoms with van der Waals surface area (Å²) in [5.41, 5.74) is 8.44. The first kappa shape index (κ1) is 23.8. The molecule has 10 heteroatoms. The zero-order valence-electron chi connectivity index (χ0n) is 19.7. The Morgan fingerprint density at radius 1 is 0.971 bits per heavy atom. The van der Waals surface area contributed by atoms with Crippen molar-refractivity contribution in [3.63, 3.8) is 0 Å². The molecule has 0 saturated carbocycles. The molecule has 2 heterocycles. The van der Waals surface area contributed by atoms with Gasteiger partial charge in [-0.25, -0.2) is 4.98 Å². The molecule has 2 aromatic carbocycles. The molecule has 0 aliphatic heterocycles. The highest BCUT2D eigenvalue weighted by atomic mass is 16.5. The second-order valence-electron chi connectivity index (χ2n) is 8.20. The molecule has 4 rings (SSSR count). The maximum absolute atomic E-state index is 13.2. The molecule has 0 spiro atoms. The normalized spacial score (nSPS) is 10.9. The number of aromatic nitrogens is 5. The van der Waals surface area contributed by atoms with Crippen molar-refractivity contribution in [3.8, 4) is 0 Å². The van der Waals surface area contributed by atoms with Gasteiger partial charge >= 0.3 is 5.97 Å². The van der Waals surface area contributed by atoms with E-state index in [0.717, 1.165) is 11.1 Å². The SMILES string of the molecule is CN(C)c1nc(N)nc(COC(=O)CCc2nc3ccccc3n(CCc3ccccc3)c2=O)n1. The summed E-state index contributed by atoms with van der Waals surface area (Å²) in [6.07, 6.45) is 0.872. The fourth-order valence-electron chi connectivity index (χ4n) is 3.64. The third-order valence-electron chi connectivity index (χ3n) is 5.40. The first-order valence-electron chi connectivity index (χ1n) is 11.3. The summed E-state index contributed by atoms with van der Waals surface area (Å²) in [5.74, 6) is 0.188. The smallest absolute Gasteiger partial charge is 0.306 e. The number of aryl methyl sites for hydroxylation is 3. The quantitative estimate of drug-likeness (QED) is 0.363. The Labute approximate surface area is 202 Å². The number of benzene rings is 2. The number of esters is 1. The zero-order chi connectivity index (χ0) is 24.8. The molecule has 0 saturated heterocycles. The van der Waals surface area contributed by atoms with Crippen LogP contribution in [0.15, 0.2) is 59.4 Å². The predicted octanol–water partition coefficient (Wildman–Crippen LogP) is 2.15. The van der Waals surface area contributed by atoms with Gasteiger partial charge in [-0.05, 0) is 24.1 Å². The fourth-order valence-corrected chi connectivity index (χ4v) is 3.64. The monoisotopic (exact) mass is 473 g/mol. The molecule has 0 aliphatic rings. The fraction of sp³-hybridized carbons (Fsp3) is 0.280. The van der Waals surface area contributed by atoms with Gasteiger partial charge in [-0.15, -0.1) is 0 Å². The van der Waals surface area contributed by atoms with Crippen LogP contribution in [0.5, 0.6) is 0 Å². The van der Waals surface area contributed by atoms with E-state index in [9.17, 15) is 9.59 Å². The molecule has 0 radical (unpaired) electrons. The summed E-state index contributed by atoms with van der Waals surface area (Å²) < 4.78 is 7.03. The molecular weight excluding hydrogens is 446 g/mol. The average molecular weight is 474 g/mol. The van der Waals surface area contributed by atoms with Crippen LogP contribution >= 0.6 is 0 Å². The predicted molar refractivity (Wildman–Crippen MR) is 133 cm³/mol. The van der Waals surface area contributed by atoms with E-state index in [1.165, 1.54) is 0 Å². The summed E-state index contributed by atoms with van der Waals surface area (Å²) in [4.78, 5) is 44.1. The van der Waals surface area contributed by atoms with Gasteiger partial charge in [-0.2, -0.15) is 15.0 Å². The maximum Gasteiger partial charge on any atom is 0.306 e. The van der Waals surface area contributed by atoms with E-state index in [1.54, 1.807) is 23.6 Å². The highest BCUT2D eigenvalue weighted by Crippen LogP contribution is 2.13. The molecular formula is C25H27N7O3. The second kappa shape index (κ2) is 10.7. The third-order valence-corrected chi connectivity index (χ3v) is 5.40. The van der Waals surface area contributed by atoms with Gasteiger partial charge in [0.2, 0.25) is 11.9 Å². The van der Waals surface area contributed by atoms with Crippen molar-refractivity contribution < 1.29 is 9.53 Å². The minimum absolute atomic E-state index is 0.000366. The minimum Gasteiger partial charge on any atom is -0.457 e. The number of ether oxygens (including phenoxy) is 1. The van der Waals surface area contributed by atoms with Crippen molar-refractivity contribution in [2.75, 3.05) is 24.7 Å². The van der Waals surface area contributed by atoms with Crippen molar-refractivity contribution in [2.45, 2.75) is 32.4 Å². The van der Waals surface area contributed by atoms with E-state index in [0.29, 0.717) is 30.1 Å². The lowest BCUT2D eigenvalue weighted by molar-refractivity contribution is -0.145. The maximum atomic E-state index is 13.2. The lowest BCUT2D eigenvalue weighted by atomic mass is 10.1. The number of fused-ring (bicyclic) bond motifs is 1.